The van der Waals surface area contributed by atoms with E-state index >= 15 is 0 Å². The summed E-state index contributed by atoms with van der Waals surface area (Å²) in [7, 11) is 0. The highest BCUT2D eigenvalue weighted by Crippen LogP contribution is 2.29. The van der Waals surface area contributed by atoms with Crippen LogP contribution in [0.4, 0.5) is 0 Å². The molecule has 142 valence electrons. The van der Waals surface area contributed by atoms with Gasteiger partial charge >= 0.3 is 0 Å². The Labute approximate surface area is 165 Å². The van der Waals surface area contributed by atoms with Crippen molar-refractivity contribution in [1.29, 1.82) is 0 Å². The first-order chi connectivity index (χ1) is 13.7. The molecule has 0 N–H and O–H groups in total. The molecule has 28 heavy (non-hydrogen) atoms. The van der Waals surface area contributed by atoms with Crippen molar-refractivity contribution in [1.82, 2.24) is 15.1 Å². The van der Waals surface area contributed by atoms with Gasteiger partial charge in [-0.1, -0.05) is 60.7 Å². The number of aryl methyl sites for hydroxylation is 1. The highest BCUT2D eigenvalue weighted by atomic mass is 16.5. The Hall–Kier alpha value is -3.21. The van der Waals surface area contributed by atoms with E-state index in [-0.39, 0.29) is 17.9 Å². The van der Waals surface area contributed by atoms with E-state index in [1.165, 1.54) is 0 Å². The molecule has 4 rings (SSSR count). The van der Waals surface area contributed by atoms with Gasteiger partial charge in [-0.15, -0.1) is 5.10 Å². The largest absolute Gasteiger partial charge is 0.471 e. The van der Waals surface area contributed by atoms with Crippen molar-refractivity contribution in [2.45, 2.75) is 25.4 Å². The summed E-state index contributed by atoms with van der Waals surface area (Å²) >= 11 is 0. The summed E-state index contributed by atoms with van der Waals surface area (Å²) in [5.74, 6) is 0.311. The van der Waals surface area contributed by atoms with Crippen LogP contribution >= 0.6 is 0 Å². The molecule has 1 atom stereocenters. The molecule has 0 saturated carbocycles. The predicted molar refractivity (Wildman–Crippen MR) is 107 cm³/mol. The predicted octanol–water partition coefficient (Wildman–Crippen LogP) is 3.60. The molecule has 1 aromatic heterocycles. The number of carbonyl (C=O) groups excluding carboxylic acids is 1. The van der Waals surface area contributed by atoms with Crippen LogP contribution in [0.1, 0.15) is 29.2 Å². The zero-order valence-corrected chi connectivity index (χ0v) is 15.9. The second-order valence-corrected chi connectivity index (χ2v) is 7.08. The Morgan fingerprint density at radius 3 is 2.18 bits per heavy atom. The maximum Gasteiger partial charge on any atom is 0.234 e. The second-order valence-electron chi connectivity index (χ2n) is 7.08. The summed E-state index contributed by atoms with van der Waals surface area (Å²) in [6.07, 6.45) is 0.727. The van der Waals surface area contributed by atoms with Gasteiger partial charge in [0.2, 0.25) is 11.8 Å². The standard InChI is InChI=1S/C23H23N3O2/c1-17-12-13-21(25-24-17)28-20-14-15-26(16-20)23(27)22(18-8-4-2-5-9-18)19-10-6-3-7-11-19/h2-13,20,22H,14-16H2,1H3. The minimum Gasteiger partial charge on any atom is -0.471 e. The number of likely N-dealkylation sites (tertiary alicyclic amines) is 1. The van der Waals surface area contributed by atoms with Crippen LogP contribution in [0.15, 0.2) is 72.8 Å². The third kappa shape index (κ3) is 4.03. The molecule has 2 aromatic carbocycles. The summed E-state index contributed by atoms with van der Waals surface area (Å²) in [6, 6.07) is 23.6. The van der Waals surface area contributed by atoms with Gasteiger partial charge in [-0.3, -0.25) is 4.79 Å². The molecule has 1 aliphatic rings. The van der Waals surface area contributed by atoms with Gasteiger partial charge in [-0.25, -0.2) is 0 Å². The summed E-state index contributed by atoms with van der Waals surface area (Å²) < 4.78 is 5.93. The lowest BCUT2D eigenvalue weighted by Crippen LogP contribution is -2.35. The van der Waals surface area contributed by atoms with Crippen molar-refractivity contribution < 1.29 is 9.53 Å². The Bertz CT molecular complexity index is 874. The smallest absolute Gasteiger partial charge is 0.234 e. The van der Waals surface area contributed by atoms with Crippen molar-refractivity contribution in [3.05, 3.63) is 89.6 Å². The maximum atomic E-state index is 13.4. The lowest BCUT2D eigenvalue weighted by molar-refractivity contribution is -0.131. The number of amides is 1. The molecule has 0 spiro atoms. The van der Waals surface area contributed by atoms with Gasteiger partial charge in [0.1, 0.15) is 6.10 Å². The van der Waals surface area contributed by atoms with Crippen LogP contribution < -0.4 is 4.74 Å². The van der Waals surface area contributed by atoms with Crippen molar-refractivity contribution in [3.63, 3.8) is 0 Å². The van der Waals surface area contributed by atoms with E-state index in [9.17, 15) is 4.79 Å². The van der Waals surface area contributed by atoms with Gasteiger partial charge in [0.25, 0.3) is 0 Å². The first kappa shape index (κ1) is 18.2. The average Bonchev–Trinajstić information content (AvgIpc) is 3.20. The van der Waals surface area contributed by atoms with Gasteiger partial charge in [-0.2, -0.15) is 5.10 Å². The molecule has 2 heterocycles. The molecular weight excluding hydrogens is 350 g/mol. The normalized spacial score (nSPS) is 16.4. The molecule has 0 bridgehead atoms. The van der Waals surface area contributed by atoms with E-state index in [0.29, 0.717) is 19.0 Å². The number of carbonyl (C=O) groups is 1. The number of hydrogen-bond acceptors (Lipinski definition) is 4. The fourth-order valence-corrected chi connectivity index (χ4v) is 3.60. The van der Waals surface area contributed by atoms with Crippen LogP contribution in [0.3, 0.4) is 0 Å². The molecule has 0 aliphatic carbocycles. The van der Waals surface area contributed by atoms with E-state index < -0.39 is 0 Å². The number of ether oxygens (including phenoxy) is 1. The second kappa shape index (κ2) is 8.21. The lowest BCUT2D eigenvalue weighted by atomic mass is 9.90. The molecule has 1 amide bonds. The molecule has 0 radical (unpaired) electrons. The van der Waals surface area contributed by atoms with Gasteiger partial charge in [0, 0.05) is 19.0 Å². The topological polar surface area (TPSA) is 55.3 Å². The molecule has 1 aliphatic heterocycles. The average molecular weight is 373 g/mol. The first-order valence-corrected chi connectivity index (χ1v) is 9.56. The minimum absolute atomic E-state index is 0.0619. The Morgan fingerprint density at radius 1 is 0.964 bits per heavy atom. The van der Waals surface area contributed by atoms with Crippen LogP contribution in [-0.2, 0) is 4.79 Å². The highest BCUT2D eigenvalue weighted by molar-refractivity contribution is 5.87. The summed E-state index contributed by atoms with van der Waals surface area (Å²) in [6.45, 7) is 3.13. The van der Waals surface area contributed by atoms with E-state index in [1.807, 2.05) is 84.6 Å². The number of rotatable bonds is 5. The van der Waals surface area contributed by atoms with Gasteiger partial charge in [0.05, 0.1) is 18.2 Å². The highest BCUT2D eigenvalue weighted by Gasteiger charge is 2.33. The van der Waals surface area contributed by atoms with Crippen molar-refractivity contribution in [2.24, 2.45) is 0 Å². The quantitative estimate of drug-likeness (QED) is 0.686. The zero-order valence-electron chi connectivity index (χ0n) is 15.9. The molecule has 3 aromatic rings. The van der Waals surface area contributed by atoms with Crippen molar-refractivity contribution in [2.75, 3.05) is 13.1 Å². The molecular formula is C23H23N3O2. The van der Waals surface area contributed by atoms with E-state index in [0.717, 1.165) is 23.2 Å². The lowest BCUT2D eigenvalue weighted by Gasteiger charge is -2.24. The minimum atomic E-state index is -0.305. The third-order valence-electron chi connectivity index (χ3n) is 5.03. The fraction of sp³-hybridized carbons (Fsp3) is 0.261. The monoisotopic (exact) mass is 373 g/mol. The Kier molecular flexibility index (Phi) is 5.33. The van der Waals surface area contributed by atoms with Gasteiger partial charge in [-0.05, 0) is 24.1 Å². The Morgan fingerprint density at radius 2 is 1.61 bits per heavy atom. The van der Waals surface area contributed by atoms with Crippen molar-refractivity contribution in [3.8, 4) is 5.88 Å². The number of benzene rings is 2. The van der Waals surface area contributed by atoms with Crippen LogP contribution in [-0.4, -0.2) is 40.2 Å². The molecule has 1 saturated heterocycles. The van der Waals surface area contributed by atoms with E-state index in [1.54, 1.807) is 0 Å². The molecule has 5 heteroatoms. The van der Waals surface area contributed by atoms with Crippen LogP contribution in [0.25, 0.3) is 0 Å². The number of hydrogen-bond donors (Lipinski definition) is 0. The Balaban J connectivity index is 1.51. The van der Waals surface area contributed by atoms with Gasteiger partial charge in [0.15, 0.2) is 0 Å². The van der Waals surface area contributed by atoms with E-state index in [4.69, 9.17) is 4.74 Å². The summed E-state index contributed by atoms with van der Waals surface area (Å²) in [4.78, 5) is 15.3. The fourth-order valence-electron chi connectivity index (χ4n) is 3.60. The SMILES string of the molecule is Cc1ccc(OC2CCN(C(=O)C(c3ccccc3)c3ccccc3)C2)nn1. The molecule has 1 unspecified atom stereocenters. The molecule has 5 nitrogen and oxygen atoms in total. The number of nitrogens with zero attached hydrogens (tertiary/aromatic N) is 3. The zero-order chi connectivity index (χ0) is 19.3. The van der Waals surface area contributed by atoms with Crippen LogP contribution in [0.2, 0.25) is 0 Å². The van der Waals surface area contributed by atoms with Crippen LogP contribution in [0, 0.1) is 6.92 Å². The maximum absolute atomic E-state index is 13.4. The van der Waals surface area contributed by atoms with Gasteiger partial charge < -0.3 is 9.64 Å². The van der Waals surface area contributed by atoms with Crippen LogP contribution in [0.5, 0.6) is 5.88 Å². The third-order valence-corrected chi connectivity index (χ3v) is 5.03. The van der Waals surface area contributed by atoms with Crippen molar-refractivity contribution >= 4 is 5.91 Å². The number of aromatic nitrogens is 2. The summed E-state index contributed by atoms with van der Waals surface area (Å²) in [5.41, 5.74) is 2.86. The first-order valence-electron chi connectivity index (χ1n) is 9.56. The van der Waals surface area contributed by atoms with E-state index in [2.05, 4.69) is 10.2 Å². The molecule has 1 fully saturated rings. The summed E-state index contributed by atoms with van der Waals surface area (Å²) in [5, 5.41) is 8.09.